The zero-order chi connectivity index (χ0) is 25.4. The highest BCUT2D eigenvalue weighted by atomic mass is 32.1. The third-order valence-corrected chi connectivity index (χ3v) is 5.34. The van der Waals surface area contributed by atoms with E-state index in [-0.39, 0.29) is 17.4 Å². The van der Waals surface area contributed by atoms with Crippen molar-refractivity contribution in [3.63, 3.8) is 0 Å². The Morgan fingerprint density at radius 1 is 1.03 bits per heavy atom. The Morgan fingerprint density at radius 3 is 2.43 bits per heavy atom. The van der Waals surface area contributed by atoms with E-state index in [2.05, 4.69) is 16.0 Å². The number of hydrogen-bond donors (Lipinski definition) is 3. The molecule has 1 unspecified atom stereocenters. The SMILES string of the molecule is CC(NC(=S)Nc1ccc(NC(=O)c2ccccc2F)c(OCCN(C)C)c1)c1ccc(F)cc1. The summed E-state index contributed by atoms with van der Waals surface area (Å²) in [4.78, 5) is 14.6. The van der Waals surface area contributed by atoms with Gasteiger partial charge in [-0.25, -0.2) is 8.78 Å². The van der Waals surface area contributed by atoms with Crippen LogP contribution in [-0.4, -0.2) is 43.2 Å². The number of anilines is 2. The third kappa shape index (κ3) is 7.73. The van der Waals surface area contributed by atoms with E-state index < -0.39 is 11.7 Å². The van der Waals surface area contributed by atoms with Gasteiger partial charge in [-0.05, 0) is 75.2 Å². The number of carbonyl (C=O) groups is 1. The highest BCUT2D eigenvalue weighted by Gasteiger charge is 2.15. The van der Waals surface area contributed by atoms with Crippen LogP contribution >= 0.6 is 12.2 Å². The van der Waals surface area contributed by atoms with Crippen LogP contribution < -0.4 is 20.7 Å². The number of thiocarbonyl (C=S) groups is 1. The first kappa shape index (κ1) is 26.1. The minimum atomic E-state index is -0.606. The summed E-state index contributed by atoms with van der Waals surface area (Å²) in [5.41, 5.74) is 1.86. The number of carbonyl (C=O) groups excluding carboxylic acids is 1. The summed E-state index contributed by atoms with van der Waals surface area (Å²) >= 11 is 5.43. The van der Waals surface area contributed by atoms with Crippen LogP contribution in [0.4, 0.5) is 20.2 Å². The number of halogens is 2. The Hall–Kier alpha value is -3.56. The molecule has 0 aromatic heterocycles. The van der Waals surface area contributed by atoms with E-state index in [9.17, 15) is 13.6 Å². The lowest BCUT2D eigenvalue weighted by molar-refractivity contribution is 0.102. The number of nitrogens with one attached hydrogen (secondary N) is 3. The minimum Gasteiger partial charge on any atom is -0.490 e. The monoisotopic (exact) mass is 498 g/mol. The molecular weight excluding hydrogens is 470 g/mol. The topological polar surface area (TPSA) is 65.6 Å². The van der Waals surface area contributed by atoms with Crippen molar-refractivity contribution >= 4 is 34.6 Å². The Bertz CT molecular complexity index is 1170. The maximum Gasteiger partial charge on any atom is 0.258 e. The number of ether oxygens (including phenoxy) is 1. The second-order valence-electron chi connectivity index (χ2n) is 8.17. The molecule has 0 aliphatic heterocycles. The summed E-state index contributed by atoms with van der Waals surface area (Å²) in [5.74, 6) is -1.07. The minimum absolute atomic E-state index is 0.0610. The van der Waals surface area contributed by atoms with Gasteiger partial charge in [0.15, 0.2) is 5.11 Å². The standard InChI is InChI=1S/C26H28F2N4O2S/c1-17(18-8-10-19(27)11-9-18)29-26(35)30-20-12-13-23(24(16-20)34-15-14-32(2)3)31-25(33)21-6-4-5-7-22(21)28/h4-13,16-17H,14-15H2,1-3H3,(H,31,33)(H2,29,30,35). The lowest BCUT2D eigenvalue weighted by atomic mass is 10.1. The molecule has 0 aliphatic carbocycles. The molecule has 0 aliphatic rings. The van der Waals surface area contributed by atoms with Gasteiger partial charge in [0, 0.05) is 18.3 Å². The average Bonchev–Trinajstić information content (AvgIpc) is 2.81. The van der Waals surface area contributed by atoms with E-state index in [4.69, 9.17) is 17.0 Å². The van der Waals surface area contributed by atoms with Crippen molar-refractivity contribution < 1.29 is 18.3 Å². The van der Waals surface area contributed by atoms with E-state index >= 15 is 0 Å². The highest BCUT2D eigenvalue weighted by molar-refractivity contribution is 7.80. The van der Waals surface area contributed by atoms with E-state index in [0.29, 0.717) is 35.4 Å². The molecule has 184 valence electrons. The molecule has 3 rings (SSSR count). The van der Waals surface area contributed by atoms with E-state index in [0.717, 1.165) is 5.56 Å². The van der Waals surface area contributed by atoms with Crippen molar-refractivity contribution in [2.45, 2.75) is 13.0 Å². The van der Waals surface area contributed by atoms with Crippen molar-refractivity contribution in [2.75, 3.05) is 37.9 Å². The molecule has 3 N–H and O–H groups in total. The largest absolute Gasteiger partial charge is 0.490 e. The summed E-state index contributed by atoms with van der Waals surface area (Å²) in [5, 5.41) is 9.34. The van der Waals surface area contributed by atoms with Gasteiger partial charge in [-0.3, -0.25) is 4.79 Å². The van der Waals surface area contributed by atoms with Crippen LogP contribution in [0, 0.1) is 11.6 Å². The molecule has 1 amide bonds. The summed E-state index contributed by atoms with van der Waals surface area (Å²) < 4.78 is 33.1. The average molecular weight is 499 g/mol. The second-order valence-corrected chi connectivity index (χ2v) is 8.58. The summed E-state index contributed by atoms with van der Waals surface area (Å²) in [7, 11) is 3.85. The van der Waals surface area contributed by atoms with Crippen molar-refractivity contribution in [1.82, 2.24) is 10.2 Å². The molecule has 0 spiro atoms. The molecule has 6 nitrogen and oxygen atoms in total. The fraction of sp³-hybridized carbons (Fsp3) is 0.231. The van der Waals surface area contributed by atoms with Crippen molar-refractivity contribution in [3.8, 4) is 5.75 Å². The van der Waals surface area contributed by atoms with Gasteiger partial charge in [-0.1, -0.05) is 24.3 Å². The van der Waals surface area contributed by atoms with Crippen molar-refractivity contribution in [2.24, 2.45) is 0 Å². The molecular formula is C26H28F2N4O2S. The van der Waals surface area contributed by atoms with Crippen LogP contribution in [-0.2, 0) is 0 Å². The summed E-state index contributed by atoms with van der Waals surface area (Å²) in [6.45, 7) is 2.95. The van der Waals surface area contributed by atoms with Crippen LogP contribution in [0.2, 0.25) is 0 Å². The van der Waals surface area contributed by atoms with Crippen LogP contribution in [0.1, 0.15) is 28.9 Å². The van der Waals surface area contributed by atoms with Gasteiger partial charge >= 0.3 is 0 Å². The van der Waals surface area contributed by atoms with Gasteiger partial charge in [-0.15, -0.1) is 0 Å². The second kappa shape index (κ2) is 12.2. The maximum absolute atomic E-state index is 14.0. The number of benzene rings is 3. The molecule has 0 saturated heterocycles. The molecule has 0 bridgehead atoms. The first-order valence-corrected chi connectivity index (χ1v) is 11.4. The molecule has 1 atom stereocenters. The maximum atomic E-state index is 14.0. The number of nitrogens with zero attached hydrogens (tertiary/aromatic N) is 1. The lowest BCUT2D eigenvalue weighted by Crippen LogP contribution is -2.30. The molecule has 0 heterocycles. The van der Waals surface area contributed by atoms with Crippen LogP contribution in [0.5, 0.6) is 5.75 Å². The van der Waals surface area contributed by atoms with Gasteiger partial charge < -0.3 is 25.6 Å². The number of likely N-dealkylation sites (N-methyl/N-ethyl adjacent to an activating group) is 1. The van der Waals surface area contributed by atoms with Gasteiger partial charge in [0.2, 0.25) is 0 Å². The van der Waals surface area contributed by atoms with Crippen molar-refractivity contribution in [3.05, 3.63) is 89.5 Å². The Balaban J connectivity index is 1.73. The first-order valence-electron chi connectivity index (χ1n) is 11.0. The van der Waals surface area contributed by atoms with Crippen molar-refractivity contribution in [1.29, 1.82) is 0 Å². The molecule has 3 aromatic carbocycles. The Labute approximate surface area is 209 Å². The van der Waals surface area contributed by atoms with E-state index in [1.165, 1.54) is 30.3 Å². The number of amides is 1. The Morgan fingerprint density at radius 2 is 1.74 bits per heavy atom. The number of hydrogen-bond acceptors (Lipinski definition) is 4. The molecule has 9 heteroatoms. The summed E-state index contributed by atoms with van der Waals surface area (Å²) in [6, 6.07) is 16.9. The molecule has 35 heavy (non-hydrogen) atoms. The highest BCUT2D eigenvalue weighted by Crippen LogP contribution is 2.29. The lowest BCUT2D eigenvalue weighted by Gasteiger charge is -2.19. The van der Waals surface area contributed by atoms with Gasteiger partial charge in [0.05, 0.1) is 17.3 Å². The van der Waals surface area contributed by atoms with E-state index in [1.807, 2.05) is 25.9 Å². The van der Waals surface area contributed by atoms with Crippen LogP contribution in [0.15, 0.2) is 66.7 Å². The predicted molar refractivity (Wildman–Crippen MR) is 139 cm³/mol. The normalized spacial score (nSPS) is 11.6. The zero-order valence-electron chi connectivity index (χ0n) is 19.8. The van der Waals surface area contributed by atoms with Crippen LogP contribution in [0.25, 0.3) is 0 Å². The molecule has 0 fully saturated rings. The fourth-order valence-electron chi connectivity index (χ4n) is 3.19. The van der Waals surface area contributed by atoms with E-state index in [1.54, 1.807) is 36.4 Å². The molecule has 0 radical (unpaired) electrons. The quantitative estimate of drug-likeness (QED) is 0.352. The third-order valence-electron chi connectivity index (χ3n) is 5.12. The Kier molecular flexibility index (Phi) is 9.11. The number of rotatable bonds is 9. The molecule has 3 aromatic rings. The van der Waals surface area contributed by atoms with Gasteiger partial charge in [-0.2, -0.15) is 0 Å². The fourth-order valence-corrected chi connectivity index (χ4v) is 3.49. The predicted octanol–water partition coefficient (Wildman–Crippen LogP) is 5.21. The first-order chi connectivity index (χ1) is 16.7. The summed E-state index contributed by atoms with van der Waals surface area (Å²) in [6.07, 6.45) is 0. The van der Waals surface area contributed by atoms with Crippen LogP contribution in [0.3, 0.4) is 0 Å². The smallest absolute Gasteiger partial charge is 0.258 e. The van der Waals surface area contributed by atoms with Gasteiger partial charge in [0.25, 0.3) is 5.91 Å². The van der Waals surface area contributed by atoms with Gasteiger partial charge in [0.1, 0.15) is 24.0 Å². The zero-order valence-corrected chi connectivity index (χ0v) is 20.6. The molecule has 0 saturated carbocycles.